The van der Waals surface area contributed by atoms with Crippen molar-refractivity contribution in [2.75, 3.05) is 0 Å². The number of fused-ring (bicyclic) bond motifs is 3. The van der Waals surface area contributed by atoms with Crippen LogP contribution in [-0.4, -0.2) is 12.1 Å². The Hall–Kier alpha value is -0.790. The maximum Gasteiger partial charge on any atom is 0.309 e. The fraction of sp³-hybridized carbons (Fsp3) is 0.800. The number of allylic oxidation sites excluding steroid dienone is 1. The topological polar surface area (TPSA) is 26.3 Å². The molecular formula is C15H22O2. The molecule has 0 N–H and O–H groups in total. The monoisotopic (exact) mass is 234 g/mol. The molecule has 0 amide bonds. The summed E-state index contributed by atoms with van der Waals surface area (Å²) < 4.78 is 5.69. The second kappa shape index (κ2) is 3.60. The molecule has 0 aromatic carbocycles. The van der Waals surface area contributed by atoms with Gasteiger partial charge in [-0.05, 0) is 50.0 Å². The van der Waals surface area contributed by atoms with Crippen molar-refractivity contribution < 1.29 is 9.53 Å². The van der Waals surface area contributed by atoms with E-state index in [-0.39, 0.29) is 18.0 Å². The van der Waals surface area contributed by atoms with Gasteiger partial charge in [-0.2, -0.15) is 0 Å². The molecule has 3 aliphatic rings. The van der Waals surface area contributed by atoms with Crippen LogP contribution in [0, 0.1) is 17.3 Å². The molecule has 0 aromatic rings. The second-order valence-corrected chi connectivity index (χ2v) is 6.46. The van der Waals surface area contributed by atoms with Gasteiger partial charge in [0.15, 0.2) is 0 Å². The van der Waals surface area contributed by atoms with E-state index in [4.69, 9.17) is 4.74 Å². The van der Waals surface area contributed by atoms with Crippen LogP contribution in [0.1, 0.15) is 52.9 Å². The van der Waals surface area contributed by atoms with Gasteiger partial charge in [0.2, 0.25) is 0 Å². The zero-order chi connectivity index (χ0) is 12.2. The molecule has 1 unspecified atom stereocenters. The van der Waals surface area contributed by atoms with Gasteiger partial charge < -0.3 is 4.74 Å². The average molecular weight is 234 g/mol. The largest absolute Gasteiger partial charge is 0.457 e. The predicted molar refractivity (Wildman–Crippen MR) is 66.4 cm³/mol. The first-order valence-corrected chi connectivity index (χ1v) is 6.93. The molecule has 1 saturated carbocycles. The molecule has 0 radical (unpaired) electrons. The van der Waals surface area contributed by atoms with Crippen molar-refractivity contribution in [2.45, 2.75) is 59.0 Å². The number of carbonyl (C=O) groups excluding carboxylic acids is 1. The third kappa shape index (κ3) is 1.49. The van der Waals surface area contributed by atoms with Crippen LogP contribution in [0.25, 0.3) is 0 Å². The zero-order valence-corrected chi connectivity index (χ0v) is 11.1. The Labute approximate surface area is 103 Å². The van der Waals surface area contributed by atoms with E-state index < -0.39 is 0 Å². The highest BCUT2D eigenvalue weighted by atomic mass is 16.6. The fourth-order valence-corrected chi connectivity index (χ4v) is 4.29. The summed E-state index contributed by atoms with van der Waals surface area (Å²) in [6, 6.07) is 0. The molecule has 1 heterocycles. The molecular weight excluding hydrogens is 212 g/mol. The Bertz CT molecular complexity index is 396. The first-order valence-electron chi connectivity index (χ1n) is 6.93. The van der Waals surface area contributed by atoms with Gasteiger partial charge in [-0.1, -0.05) is 19.4 Å². The lowest BCUT2D eigenvalue weighted by atomic mass is 9.59. The van der Waals surface area contributed by atoms with Gasteiger partial charge in [-0.15, -0.1) is 0 Å². The maximum absolute atomic E-state index is 11.8. The van der Waals surface area contributed by atoms with Crippen LogP contribution in [0.15, 0.2) is 11.1 Å². The minimum absolute atomic E-state index is 0.0233. The molecule has 0 spiro atoms. The summed E-state index contributed by atoms with van der Waals surface area (Å²) in [4.78, 5) is 11.8. The predicted octanol–water partition coefficient (Wildman–Crippen LogP) is 3.46. The van der Waals surface area contributed by atoms with Crippen molar-refractivity contribution in [3.05, 3.63) is 11.1 Å². The Balaban J connectivity index is 2.03. The molecule has 17 heavy (non-hydrogen) atoms. The minimum atomic E-state index is 0.0233. The summed E-state index contributed by atoms with van der Waals surface area (Å²) in [5.41, 5.74) is 3.29. The van der Waals surface area contributed by atoms with E-state index in [1.165, 1.54) is 36.8 Å². The quantitative estimate of drug-likeness (QED) is 0.474. The van der Waals surface area contributed by atoms with Crippen molar-refractivity contribution in [1.82, 2.24) is 0 Å². The average Bonchev–Trinajstić information content (AvgIpc) is 2.54. The maximum atomic E-state index is 11.8. The lowest BCUT2D eigenvalue weighted by Crippen LogP contribution is -2.40. The molecule has 94 valence electrons. The summed E-state index contributed by atoms with van der Waals surface area (Å²) in [5, 5.41) is 0. The molecule has 0 aromatic heterocycles. The fourth-order valence-electron chi connectivity index (χ4n) is 4.29. The Morgan fingerprint density at radius 3 is 2.88 bits per heavy atom. The second-order valence-electron chi connectivity index (χ2n) is 6.46. The summed E-state index contributed by atoms with van der Waals surface area (Å²) in [6.07, 6.45) is 6.27. The lowest BCUT2D eigenvalue weighted by Gasteiger charge is -2.46. The van der Waals surface area contributed by atoms with E-state index in [1.54, 1.807) is 0 Å². The minimum Gasteiger partial charge on any atom is -0.457 e. The van der Waals surface area contributed by atoms with Crippen molar-refractivity contribution in [1.29, 1.82) is 0 Å². The normalized spacial score (nSPS) is 45.4. The lowest BCUT2D eigenvalue weighted by molar-refractivity contribution is -0.143. The van der Waals surface area contributed by atoms with Crippen molar-refractivity contribution in [2.24, 2.45) is 17.3 Å². The first-order chi connectivity index (χ1) is 8.03. The number of carbonyl (C=O) groups is 1. The summed E-state index contributed by atoms with van der Waals surface area (Å²) in [7, 11) is 0. The van der Waals surface area contributed by atoms with E-state index >= 15 is 0 Å². The van der Waals surface area contributed by atoms with E-state index in [1.807, 2.05) is 6.92 Å². The molecule has 4 atom stereocenters. The molecule has 1 aliphatic heterocycles. The molecule has 1 saturated heterocycles. The van der Waals surface area contributed by atoms with Gasteiger partial charge in [-0.3, -0.25) is 4.79 Å². The Kier molecular flexibility index (Phi) is 2.39. The molecule has 3 rings (SSSR count). The molecule has 2 heteroatoms. The molecule has 2 nitrogen and oxygen atoms in total. The smallest absolute Gasteiger partial charge is 0.309 e. The highest BCUT2D eigenvalue weighted by Crippen LogP contribution is 2.55. The molecule has 2 fully saturated rings. The van der Waals surface area contributed by atoms with E-state index in [2.05, 4.69) is 13.8 Å². The summed E-state index contributed by atoms with van der Waals surface area (Å²) in [6.45, 7) is 6.65. The van der Waals surface area contributed by atoms with Gasteiger partial charge in [0.1, 0.15) is 6.10 Å². The van der Waals surface area contributed by atoms with Crippen molar-refractivity contribution in [3.63, 3.8) is 0 Å². The number of hydrogen-bond acceptors (Lipinski definition) is 2. The van der Waals surface area contributed by atoms with Gasteiger partial charge in [-0.25, -0.2) is 0 Å². The number of ether oxygens (including phenoxy) is 1. The van der Waals surface area contributed by atoms with Gasteiger partial charge in [0, 0.05) is 5.92 Å². The number of rotatable bonds is 0. The molecule has 2 aliphatic carbocycles. The zero-order valence-electron chi connectivity index (χ0n) is 11.1. The van der Waals surface area contributed by atoms with Crippen LogP contribution in [0.2, 0.25) is 0 Å². The number of hydrogen-bond donors (Lipinski definition) is 0. The first kappa shape index (κ1) is 11.3. The third-order valence-electron chi connectivity index (χ3n) is 5.35. The van der Waals surface area contributed by atoms with E-state index in [9.17, 15) is 4.79 Å². The van der Waals surface area contributed by atoms with Crippen molar-refractivity contribution >= 4 is 5.97 Å². The van der Waals surface area contributed by atoms with Crippen LogP contribution in [0.5, 0.6) is 0 Å². The van der Waals surface area contributed by atoms with Crippen LogP contribution in [0.3, 0.4) is 0 Å². The van der Waals surface area contributed by atoms with Crippen LogP contribution < -0.4 is 0 Å². The van der Waals surface area contributed by atoms with Crippen LogP contribution >= 0.6 is 0 Å². The Morgan fingerprint density at radius 1 is 1.35 bits per heavy atom. The van der Waals surface area contributed by atoms with Gasteiger partial charge in [0.05, 0.1) is 5.92 Å². The number of esters is 1. The van der Waals surface area contributed by atoms with E-state index in [0.717, 1.165) is 6.42 Å². The standard InChI is InChI=1S/C15H22O2/c1-9-5-4-7-15(3)8-6-11-10(2)14(16)17-13(11)12(9)15/h10-11,13H,4-8H2,1-3H3/t10?,11-,13+,15+/m0/s1. The third-order valence-corrected chi connectivity index (χ3v) is 5.35. The SMILES string of the molecule is CC1=C2[C@@H]3OC(=O)C(C)[C@@H]3CC[C@@]2(C)CCC1. The molecule has 0 bridgehead atoms. The van der Waals surface area contributed by atoms with Crippen LogP contribution in [-0.2, 0) is 9.53 Å². The van der Waals surface area contributed by atoms with Gasteiger partial charge >= 0.3 is 5.97 Å². The summed E-state index contributed by atoms with van der Waals surface area (Å²) in [5.74, 6) is 0.570. The Morgan fingerprint density at radius 2 is 2.12 bits per heavy atom. The van der Waals surface area contributed by atoms with E-state index in [0.29, 0.717) is 11.3 Å². The van der Waals surface area contributed by atoms with Crippen molar-refractivity contribution in [3.8, 4) is 0 Å². The highest BCUT2D eigenvalue weighted by Gasteiger charge is 2.52. The van der Waals surface area contributed by atoms with Gasteiger partial charge in [0.25, 0.3) is 0 Å². The summed E-state index contributed by atoms with van der Waals surface area (Å²) >= 11 is 0. The van der Waals surface area contributed by atoms with Crippen LogP contribution in [0.4, 0.5) is 0 Å². The highest BCUT2D eigenvalue weighted by molar-refractivity contribution is 5.75.